The Labute approximate surface area is 345 Å². The van der Waals surface area contributed by atoms with E-state index in [1.807, 2.05) is 0 Å². The van der Waals surface area contributed by atoms with Gasteiger partial charge in [-0.25, -0.2) is 19.1 Å². The number of benzene rings is 4. The topological polar surface area (TPSA) is 188 Å². The van der Waals surface area contributed by atoms with E-state index in [0.29, 0.717) is 59.7 Å². The van der Waals surface area contributed by atoms with E-state index in [1.54, 1.807) is 73.2 Å². The number of fused-ring (bicyclic) bond motifs is 2. The summed E-state index contributed by atoms with van der Waals surface area (Å²) in [4.78, 5) is 44.6. The van der Waals surface area contributed by atoms with Gasteiger partial charge in [0.25, 0.3) is 0 Å². The van der Waals surface area contributed by atoms with Crippen molar-refractivity contribution in [2.45, 2.75) is 23.8 Å². The maximum Gasteiger partial charge on any atom is 0.471 e. The average molecular weight is 939 g/mol. The minimum absolute atomic E-state index is 0.235. The van der Waals surface area contributed by atoms with Gasteiger partial charge in [0.15, 0.2) is 10.3 Å². The van der Waals surface area contributed by atoms with Gasteiger partial charge in [-0.3, -0.25) is 18.2 Å². The molecule has 0 aliphatic carbocycles. The van der Waals surface area contributed by atoms with Crippen molar-refractivity contribution < 1.29 is 47.2 Å². The number of hydrogen-bond acceptors (Lipinski definition) is 10. The van der Waals surface area contributed by atoms with Crippen molar-refractivity contribution in [2.24, 2.45) is 0 Å². The number of imidazole rings is 2. The van der Waals surface area contributed by atoms with E-state index >= 15 is 0 Å². The molecule has 6 rings (SSSR count). The molecular weight excluding hydrogens is 915 g/mol. The van der Waals surface area contributed by atoms with Crippen molar-refractivity contribution in [3.05, 3.63) is 90.8 Å². The third-order valence-electron chi connectivity index (χ3n) is 6.88. The van der Waals surface area contributed by atoms with Gasteiger partial charge in [0.2, 0.25) is 0 Å². The molecule has 6 aromatic rings. The van der Waals surface area contributed by atoms with Crippen LogP contribution in [0, 0.1) is 0 Å². The van der Waals surface area contributed by atoms with Crippen LogP contribution in [-0.2, 0) is 31.6 Å². The van der Waals surface area contributed by atoms with Gasteiger partial charge in [-0.15, -0.1) is 0 Å². The molecule has 54 heavy (non-hydrogen) atoms. The van der Waals surface area contributed by atoms with Crippen molar-refractivity contribution >= 4 is 131 Å². The average Bonchev–Trinajstić information content (AvgIpc) is 3.62. The third kappa shape index (κ3) is 10.7. The number of hydrogen-bond donors (Lipinski definition) is 4. The number of rotatable bonds is 12. The Bertz CT molecular complexity index is 2440. The van der Waals surface area contributed by atoms with Gasteiger partial charge in [0.1, 0.15) is 46.5 Å². The van der Waals surface area contributed by atoms with E-state index in [0.717, 1.165) is 0 Å². The van der Waals surface area contributed by atoms with Gasteiger partial charge in [0, 0.05) is 12.1 Å². The highest BCUT2D eigenvalue weighted by Gasteiger charge is 2.21. The molecule has 2 aromatic heterocycles. The summed E-state index contributed by atoms with van der Waals surface area (Å²) in [6.45, 7) is -0.774. The van der Waals surface area contributed by atoms with Gasteiger partial charge >= 0.3 is 15.6 Å². The monoisotopic (exact) mass is 936 g/mol. The van der Waals surface area contributed by atoms with Crippen molar-refractivity contribution in [2.75, 3.05) is 12.5 Å². The first kappa shape index (κ1) is 43.2. The van der Waals surface area contributed by atoms with Crippen LogP contribution in [0.15, 0.2) is 71.0 Å². The Morgan fingerprint density at radius 2 is 1.00 bits per heavy atom. The summed E-state index contributed by atoms with van der Waals surface area (Å²) in [5.41, 5.74) is 2.07. The number of nitrogens with zero attached hydrogens (tertiary/aromatic N) is 4. The summed E-state index contributed by atoms with van der Waals surface area (Å²) in [6.07, 6.45) is 3.56. The molecule has 0 atom stereocenters. The molecule has 0 unspecified atom stereocenters. The lowest BCUT2D eigenvalue weighted by atomic mass is 10.3. The quantitative estimate of drug-likeness (QED) is 0.0670. The molecule has 0 aliphatic rings. The van der Waals surface area contributed by atoms with E-state index < -0.39 is 22.4 Å². The second-order valence-corrected chi connectivity index (χ2v) is 16.8. The second kappa shape index (κ2) is 18.1. The molecule has 14 nitrogen and oxygen atoms in total. The smallest absolute Gasteiger partial charge is 0.454 e. The number of halogens is 6. The summed E-state index contributed by atoms with van der Waals surface area (Å²) in [6, 6.07) is 16.3. The van der Waals surface area contributed by atoms with Crippen LogP contribution in [0.4, 0.5) is 0 Å². The first-order valence-corrected chi connectivity index (χ1v) is 22.3. The molecule has 24 heteroatoms. The Morgan fingerprint density at radius 3 is 1.44 bits per heavy atom. The van der Waals surface area contributed by atoms with Crippen LogP contribution in [0.1, 0.15) is 0 Å². The molecule has 0 radical (unpaired) electrons. The zero-order valence-electron chi connectivity index (χ0n) is 27.2. The summed E-state index contributed by atoms with van der Waals surface area (Å²) >= 11 is 39.4. The van der Waals surface area contributed by atoms with Crippen LogP contribution >= 0.6 is 109 Å². The van der Waals surface area contributed by atoms with Crippen LogP contribution in [0.2, 0.25) is 30.1 Å². The standard InChI is InChI=1S/2C15H12Cl3N2O5PS/c1-27-15-19-10-6-13(25-12-4-2-3-8(16)14(12)18)9(17)5-11(10)20(15)7-24-26(21,22)23;1-27-15-19-10-5-9(17)13(25-12-4-2-3-8(16)14(12)18)6-11(10)20(15)7-24-26(21,22)23/h2*2-6H,7H2,1H3,(H2,21,22,23). The first-order chi connectivity index (χ1) is 25.4. The summed E-state index contributed by atoms with van der Waals surface area (Å²) in [7, 11) is -9.29. The largest absolute Gasteiger partial charge is 0.471 e. The van der Waals surface area contributed by atoms with E-state index in [4.69, 9.17) is 98.7 Å². The maximum atomic E-state index is 11.1. The first-order valence-electron chi connectivity index (χ1n) is 14.5. The molecular formula is C30H24Cl6N4O10P2S2. The highest BCUT2D eigenvalue weighted by atomic mass is 35.5. The highest BCUT2D eigenvalue weighted by Crippen LogP contribution is 2.43. The normalized spacial score (nSPS) is 11.9. The van der Waals surface area contributed by atoms with Crippen LogP contribution in [-0.4, -0.2) is 51.2 Å². The van der Waals surface area contributed by atoms with Gasteiger partial charge in [-0.05, 0) is 48.9 Å². The zero-order chi connectivity index (χ0) is 39.5. The van der Waals surface area contributed by atoms with E-state index in [9.17, 15) is 9.13 Å². The Hall–Kier alpha value is -1.92. The summed E-state index contributed by atoms with van der Waals surface area (Å²) < 4.78 is 45.8. The molecule has 0 saturated carbocycles. The number of phosphoric acid groups is 2. The molecule has 0 spiro atoms. The van der Waals surface area contributed by atoms with Crippen molar-refractivity contribution in [3.63, 3.8) is 0 Å². The van der Waals surface area contributed by atoms with Gasteiger partial charge in [-0.2, -0.15) is 0 Å². The second-order valence-electron chi connectivity index (χ2n) is 10.4. The SMILES string of the molecule is CSc1nc2cc(Cl)c(Oc3cccc(Cl)c3Cl)cc2n1COP(=O)(O)O.CSc1nc2cc(Oc3cccc(Cl)c3Cl)c(Cl)cc2n1COP(=O)(O)O. The molecule has 0 fully saturated rings. The van der Waals surface area contributed by atoms with Crippen LogP contribution in [0.3, 0.4) is 0 Å². The molecule has 288 valence electrons. The number of thioether (sulfide) groups is 2. The zero-order valence-corrected chi connectivity index (χ0v) is 35.2. The lowest BCUT2D eigenvalue weighted by Gasteiger charge is -2.12. The third-order valence-corrected chi connectivity index (χ3v) is 11.3. The van der Waals surface area contributed by atoms with Crippen molar-refractivity contribution in [1.29, 1.82) is 0 Å². The lowest BCUT2D eigenvalue weighted by Crippen LogP contribution is -2.02. The van der Waals surface area contributed by atoms with Gasteiger partial charge in [-0.1, -0.05) is 105 Å². The Kier molecular flexibility index (Phi) is 14.5. The van der Waals surface area contributed by atoms with Crippen molar-refractivity contribution in [3.8, 4) is 23.0 Å². The molecule has 0 saturated heterocycles. The van der Waals surface area contributed by atoms with E-state index in [2.05, 4.69) is 19.0 Å². The number of phosphoric ester groups is 2. The predicted molar refractivity (Wildman–Crippen MR) is 212 cm³/mol. The molecule has 4 aromatic carbocycles. The van der Waals surface area contributed by atoms with Crippen molar-refractivity contribution in [1.82, 2.24) is 19.1 Å². The Morgan fingerprint density at radius 1 is 0.593 bits per heavy atom. The number of aromatic nitrogens is 4. The minimum Gasteiger partial charge on any atom is -0.454 e. The fourth-order valence-corrected chi connectivity index (χ4v) is 7.26. The van der Waals surface area contributed by atoms with Crippen LogP contribution < -0.4 is 9.47 Å². The lowest BCUT2D eigenvalue weighted by molar-refractivity contribution is 0.149. The molecule has 0 amide bonds. The van der Waals surface area contributed by atoms with Crippen LogP contribution in [0.25, 0.3) is 22.1 Å². The maximum absolute atomic E-state index is 11.1. The minimum atomic E-state index is -4.65. The highest BCUT2D eigenvalue weighted by molar-refractivity contribution is 7.98. The fraction of sp³-hybridized carbons (Fsp3) is 0.133. The van der Waals surface area contributed by atoms with E-state index in [1.165, 1.54) is 32.7 Å². The van der Waals surface area contributed by atoms with E-state index in [-0.39, 0.29) is 32.6 Å². The molecule has 0 bridgehead atoms. The predicted octanol–water partition coefficient (Wildman–Crippen LogP) is 11.2. The summed E-state index contributed by atoms with van der Waals surface area (Å²) in [5, 5.41) is 2.68. The fourth-order valence-electron chi connectivity index (χ4n) is 4.55. The van der Waals surface area contributed by atoms with Gasteiger partial charge < -0.3 is 29.0 Å². The molecule has 0 aliphatic heterocycles. The molecule has 2 heterocycles. The van der Waals surface area contributed by atoms with Crippen LogP contribution in [0.5, 0.6) is 23.0 Å². The van der Waals surface area contributed by atoms with Gasteiger partial charge in [0.05, 0.1) is 42.2 Å². The molecule has 4 N–H and O–H groups in total. The number of ether oxygens (including phenoxy) is 2. The Balaban J connectivity index is 0.000000208. The summed E-state index contributed by atoms with van der Waals surface area (Å²) in [5.74, 6) is 1.23.